The van der Waals surface area contributed by atoms with Crippen molar-refractivity contribution >= 4 is 6.09 Å². The second-order valence-corrected chi connectivity index (χ2v) is 6.10. The van der Waals surface area contributed by atoms with Crippen LogP contribution in [-0.2, 0) is 13.1 Å². The van der Waals surface area contributed by atoms with Gasteiger partial charge in [-0.25, -0.2) is 4.79 Å². The third-order valence-electron chi connectivity index (χ3n) is 4.09. The highest BCUT2D eigenvalue weighted by molar-refractivity contribution is 5.64. The molecule has 148 valence electrons. The minimum Gasteiger partial charge on any atom is -0.465 e. The van der Waals surface area contributed by atoms with Crippen LogP contribution in [0.3, 0.4) is 0 Å². The monoisotopic (exact) mass is 372 g/mol. The Labute approximate surface area is 152 Å². The van der Waals surface area contributed by atoms with Crippen molar-refractivity contribution in [3.8, 4) is 0 Å². The summed E-state index contributed by atoms with van der Waals surface area (Å²) in [6, 6.07) is 7.28. The minimum atomic E-state index is -1.64. The highest BCUT2D eigenvalue weighted by atomic mass is 16.4. The Morgan fingerprint density at radius 3 is 2.08 bits per heavy atom. The summed E-state index contributed by atoms with van der Waals surface area (Å²) in [5.41, 5.74) is 1.75. The molecule has 0 radical (unpaired) electrons. The zero-order valence-electron chi connectivity index (χ0n) is 14.7. The Bertz CT molecular complexity index is 540. The third-order valence-corrected chi connectivity index (χ3v) is 4.09. The zero-order valence-corrected chi connectivity index (χ0v) is 14.7. The number of carboxylic acid groups (broad SMARTS) is 1. The predicted octanol–water partition coefficient (Wildman–Crippen LogP) is -1.29. The highest BCUT2D eigenvalue weighted by Gasteiger charge is 2.30. The van der Waals surface area contributed by atoms with Crippen LogP contribution in [0.4, 0.5) is 4.79 Å². The Morgan fingerprint density at radius 2 is 1.58 bits per heavy atom. The van der Waals surface area contributed by atoms with Crippen LogP contribution in [0.5, 0.6) is 0 Å². The van der Waals surface area contributed by atoms with Gasteiger partial charge in [0, 0.05) is 19.6 Å². The second kappa shape index (κ2) is 11.1. The van der Waals surface area contributed by atoms with Crippen molar-refractivity contribution in [3.63, 3.8) is 0 Å². The summed E-state index contributed by atoms with van der Waals surface area (Å²) in [4.78, 5) is 12.3. The number of nitrogens with one attached hydrogen (secondary N) is 1. The number of rotatable bonds is 11. The minimum absolute atomic E-state index is 0.0647. The predicted molar refractivity (Wildman–Crippen MR) is 93.4 cm³/mol. The average Bonchev–Trinajstić information content (AvgIpc) is 2.64. The molecule has 9 nitrogen and oxygen atoms in total. The third kappa shape index (κ3) is 7.24. The molecule has 0 fully saturated rings. The lowest BCUT2D eigenvalue weighted by atomic mass is 10.0. The lowest BCUT2D eigenvalue weighted by Crippen LogP contribution is -2.49. The van der Waals surface area contributed by atoms with Crippen LogP contribution in [-0.4, -0.2) is 85.7 Å². The quantitative estimate of drug-likeness (QED) is 0.253. The molecule has 0 aliphatic carbocycles. The van der Waals surface area contributed by atoms with E-state index in [1.165, 1.54) is 0 Å². The van der Waals surface area contributed by atoms with Crippen LogP contribution in [0.25, 0.3) is 0 Å². The average molecular weight is 372 g/mol. The van der Waals surface area contributed by atoms with E-state index in [4.69, 9.17) is 10.2 Å². The summed E-state index contributed by atoms with van der Waals surface area (Å²) in [5, 5.41) is 58.6. The standard InChI is InChI=1S/C17H28N2O7/c1-2-19(9-13(21)15(23)16(24)14(22)10-20)8-12-5-3-11(4-6-12)7-18-17(25)26/h3-6,13-16,18,20-24H,2,7-10H2,1H3,(H,25,26)/t13-,14+,15+,16+/m0/s1. The van der Waals surface area contributed by atoms with Crippen molar-refractivity contribution in [2.45, 2.75) is 44.4 Å². The molecular weight excluding hydrogens is 344 g/mol. The fraction of sp³-hybridized carbons (Fsp3) is 0.588. The van der Waals surface area contributed by atoms with E-state index in [2.05, 4.69) is 5.32 Å². The lowest BCUT2D eigenvalue weighted by molar-refractivity contribution is -0.119. The number of nitrogens with zero attached hydrogens (tertiary/aromatic N) is 1. The summed E-state index contributed by atoms with van der Waals surface area (Å²) >= 11 is 0. The molecule has 0 unspecified atom stereocenters. The van der Waals surface area contributed by atoms with Gasteiger partial charge in [0.15, 0.2) is 0 Å². The number of hydrogen-bond acceptors (Lipinski definition) is 7. The van der Waals surface area contributed by atoms with Crippen molar-refractivity contribution in [1.82, 2.24) is 10.2 Å². The Kier molecular flexibility index (Phi) is 9.49. The van der Waals surface area contributed by atoms with Gasteiger partial charge in [0.1, 0.15) is 18.3 Å². The summed E-state index contributed by atoms with van der Waals surface area (Å²) < 4.78 is 0. The molecular formula is C17H28N2O7. The van der Waals surface area contributed by atoms with Gasteiger partial charge in [0.05, 0.1) is 12.7 Å². The van der Waals surface area contributed by atoms with Crippen molar-refractivity contribution in [2.24, 2.45) is 0 Å². The van der Waals surface area contributed by atoms with Crippen LogP contribution in [0.15, 0.2) is 24.3 Å². The van der Waals surface area contributed by atoms with Crippen LogP contribution < -0.4 is 5.32 Å². The molecule has 0 heterocycles. The van der Waals surface area contributed by atoms with E-state index in [1.807, 2.05) is 24.0 Å². The first kappa shape index (κ1) is 22.3. The van der Waals surface area contributed by atoms with E-state index >= 15 is 0 Å². The van der Waals surface area contributed by atoms with E-state index in [0.717, 1.165) is 11.1 Å². The van der Waals surface area contributed by atoms with E-state index in [0.29, 0.717) is 13.1 Å². The van der Waals surface area contributed by atoms with Crippen LogP contribution in [0.2, 0.25) is 0 Å². The van der Waals surface area contributed by atoms with Gasteiger partial charge in [-0.1, -0.05) is 31.2 Å². The van der Waals surface area contributed by atoms with Gasteiger partial charge in [-0.3, -0.25) is 4.90 Å². The SMILES string of the molecule is CCN(Cc1ccc(CNC(=O)O)cc1)C[C@H](O)[C@@H](O)[C@H](O)[C@H](O)CO. The number of benzene rings is 1. The van der Waals surface area contributed by atoms with Gasteiger partial charge in [-0.15, -0.1) is 0 Å². The van der Waals surface area contributed by atoms with Gasteiger partial charge in [0.25, 0.3) is 0 Å². The first-order chi connectivity index (χ1) is 12.3. The molecule has 0 spiro atoms. The molecule has 1 rings (SSSR count). The van der Waals surface area contributed by atoms with Gasteiger partial charge in [-0.2, -0.15) is 0 Å². The molecule has 7 N–H and O–H groups in total. The molecule has 0 bridgehead atoms. The topological polar surface area (TPSA) is 154 Å². The maximum Gasteiger partial charge on any atom is 0.404 e. The molecule has 0 saturated heterocycles. The van der Waals surface area contributed by atoms with Gasteiger partial charge in [-0.05, 0) is 17.7 Å². The fourth-order valence-corrected chi connectivity index (χ4v) is 2.44. The van der Waals surface area contributed by atoms with Crippen molar-refractivity contribution in [3.05, 3.63) is 35.4 Å². The smallest absolute Gasteiger partial charge is 0.404 e. The molecule has 0 saturated carbocycles. The normalized spacial score (nSPS) is 16.1. The molecule has 1 amide bonds. The summed E-state index contributed by atoms with van der Waals surface area (Å²) in [6.45, 7) is 2.49. The van der Waals surface area contributed by atoms with Gasteiger partial charge < -0.3 is 36.0 Å². The van der Waals surface area contributed by atoms with Crippen molar-refractivity contribution < 1.29 is 35.4 Å². The number of aliphatic hydroxyl groups excluding tert-OH is 5. The Morgan fingerprint density at radius 1 is 1.04 bits per heavy atom. The highest BCUT2D eigenvalue weighted by Crippen LogP contribution is 2.11. The van der Waals surface area contributed by atoms with Crippen molar-refractivity contribution in [2.75, 3.05) is 19.7 Å². The Hall–Kier alpha value is -1.75. The number of aliphatic hydroxyl groups is 5. The first-order valence-electron chi connectivity index (χ1n) is 8.38. The number of hydrogen-bond donors (Lipinski definition) is 7. The molecule has 0 aromatic heterocycles. The van der Waals surface area contributed by atoms with Gasteiger partial charge in [0.2, 0.25) is 0 Å². The molecule has 4 atom stereocenters. The van der Waals surface area contributed by atoms with E-state index in [-0.39, 0.29) is 13.1 Å². The molecule has 0 aliphatic heterocycles. The Balaban J connectivity index is 2.59. The first-order valence-corrected chi connectivity index (χ1v) is 8.38. The fourth-order valence-electron chi connectivity index (χ4n) is 2.44. The van der Waals surface area contributed by atoms with Crippen molar-refractivity contribution in [1.29, 1.82) is 0 Å². The van der Waals surface area contributed by atoms with E-state index in [9.17, 15) is 25.2 Å². The number of likely N-dealkylation sites (N-methyl/N-ethyl adjacent to an activating group) is 1. The molecule has 1 aromatic carbocycles. The largest absolute Gasteiger partial charge is 0.465 e. The second-order valence-electron chi connectivity index (χ2n) is 6.10. The molecule has 0 aliphatic rings. The number of carbonyl (C=O) groups is 1. The molecule has 9 heteroatoms. The molecule has 26 heavy (non-hydrogen) atoms. The lowest BCUT2D eigenvalue weighted by Gasteiger charge is -2.29. The van der Waals surface area contributed by atoms with Crippen LogP contribution in [0.1, 0.15) is 18.1 Å². The summed E-state index contributed by atoms with van der Waals surface area (Å²) in [6.07, 6.45) is -7.15. The maximum atomic E-state index is 10.5. The number of amides is 1. The summed E-state index contributed by atoms with van der Waals surface area (Å²) in [7, 11) is 0. The van der Waals surface area contributed by atoms with Crippen LogP contribution >= 0.6 is 0 Å². The zero-order chi connectivity index (χ0) is 19.7. The van der Waals surface area contributed by atoms with E-state index in [1.54, 1.807) is 12.1 Å². The maximum absolute atomic E-state index is 10.5. The molecule has 1 aromatic rings. The van der Waals surface area contributed by atoms with Crippen LogP contribution in [0, 0.1) is 0 Å². The summed E-state index contributed by atoms with van der Waals surface area (Å²) in [5.74, 6) is 0. The van der Waals surface area contributed by atoms with E-state index < -0.39 is 37.1 Å². The van der Waals surface area contributed by atoms with Gasteiger partial charge >= 0.3 is 6.09 Å².